The lowest BCUT2D eigenvalue weighted by Gasteiger charge is -2.17. The summed E-state index contributed by atoms with van der Waals surface area (Å²) in [6, 6.07) is 0. The molecule has 0 aromatic carbocycles. The van der Waals surface area contributed by atoms with Crippen LogP contribution in [0.3, 0.4) is 0 Å². The van der Waals surface area contributed by atoms with Crippen LogP contribution in [0.2, 0.25) is 0 Å². The lowest BCUT2D eigenvalue weighted by Crippen LogP contribution is -2.31. The summed E-state index contributed by atoms with van der Waals surface area (Å²) in [5.74, 6) is -0.227. The second-order valence-corrected chi connectivity index (χ2v) is 4.07. The summed E-state index contributed by atoms with van der Waals surface area (Å²) >= 11 is 0. The van der Waals surface area contributed by atoms with E-state index in [1.54, 1.807) is 13.8 Å². The summed E-state index contributed by atoms with van der Waals surface area (Å²) in [6.07, 6.45) is -1.62. The first kappa shape index (κ1) is 12.2. The van der Waals surface area contributed by atoms with E-state index in [1.807, 2.05) is 0 Å². The molecular formula is C10H18FNO3. The standard InChI is InChI=1S/C10H18FNO3/c1-7(2)15-10(13)12-4-8(6-14-3)9(11)5-12/h7-9H,4-6H2,1-3H3. The van der Waals surface area contributed by atoms with Crippen molar-refractivity contribution in [2.75, 3.05) is 26.8 Å². The molecule has 1 fully saturated rings. The van der Waals surface area contributed by atoms with Crippen LogP contribution in [0.25, 0.3) is 0 Å². The van der Waals surface area contributed by atoms with Crippen LogP contribution in [0, 0.1) is 5.92 Å². The molecule has 0 radical (unpaired) electrons. The average Bonchev–Trinajstić information content (AvgIpc) is 2.47. The lowest BCUT2D eigenvalue weighted by atomic mass is 10.1. The van der Waals surface area contributed by atoms with Crippen molar-refractivity contribution in [3.63, 3.8) is 0 Å². The molecule has 0 aromatic rings. The molecule has 0 aliphatic carbocycles. The Morgan fingerprint density at radius 3 is 2.73 bits per heavy atom. The highest BCUT2D eigenvalue weighted by Crippen LogP contribution is 2.21. The highest BCUT2D eigenvalue weighted by molar-refractivity contribution is 5.68. The largest absolute Gasteiger partial charge is 0.447 e. The number of hydrogen-bond donors (Lipinski definition) is 0. The predicted octanol–water partition coefficient (Wildman–Crippen LogP) is 1.45. The Morgan fingerprint density at radius 2 is 2.20 bits per heavy atom. The Kier molecular flexibility index (Phi) is 4.32. The van der Waals surface area contributed by atoms with Gasteiger partial charge in [0, 0.05) is 19.6 Å². The zero-order chi connectivity index (χ0) is 11.4. The molecule has 0 N–H and O–H groups in total. The summed E-state index contributed by atoms with van der Waals surface area (Å²) in [5.41, 5.74) is 0. The van der Waals surface area contributed by atoms with Gasteiger partial charge in [-0.1, -0.05) is 0 Å². The average molecular weight is 219 g/mol. The number of carbonyl (C=O) groups is 1. The lowest BCUT2D eigenvalue weighted by molar-refractivity contribution is 0.0802. The van der Waals surface area contributed by atoms with Crippen molar-refractivity contribution in [3.05, 3.63) is 0 Å². The fourth-order valence-corrected chi connectivity index (χ4v) is 1.63. The molecule has 1 aliphatic rings. The smallest absolute Gasteiger partial charge is 0.410 e. The van der Waals surface area contributed by atoms with Crippen LogP contribution in [0.15, 0.2) is 0 Å². The van der Waals surface area contributed by atoms with E-state index in [0.29, 0.717) is 13.2 Å². The normalized spacial score (nSPS) is 26.1. The van der Waals surface area contributed by atoms with E-state index in [1.165, 1.54) is 12.0 Å². The Hall–Kier alpha value is -0.840. The maximum absolute atomic E-state index is 13.4. The van der Waals surface area contributed by atoms with Crippen LogP contribution in [0.4, 0.5) is 9.18 Å². The molecule has 1 saturated heterocycles. The number of ether oxygens (including phenoxy) is 2. The Balaban J connectivity index is 2.43. The zero-order valence-electron chi connectivity index (χ0n) is 9.40. The van der Waals surface area contributed by atoms with E-state index in [9.17, 15) is 9.18 Å². The van der Waals surface area contributed by atoms with Gasteiger partial charge in [0.1, 0.15) is 6.17 Å². The number of halogens is 1. The van der Waals surface area contributed by atoms with Gasteiger partial charge in [0.15, 0.2) is 0 Å². The molecule has 0 saturated carbocycles. The van der Waals surface area contributed by atoms with Crippen LogP contribution >= 0.6 is 0 Å². The molecule has 15 heavy (non-hydrogen) atoms. The SMILES string of the molecule is COCC1CN(C(=O)OC(C)C)CC1F. The van der Waals surface area contributed by atoms with Gasteiger partial charge in [-0.05, 0) is 13.8 Å². The van der Waals surface area contributed by atoms with Crippen molar-refractivity contribution < 1.29 is 18.7 Å². The minimum absolute atomic E-state index is 0.111. The number of amides is 1. The Labute approximate surface area is 89.3 Å². The van der Waals surface area contributed by atoms with E-state index in [-0.39, 0.29) is 18.6 Å². The van der Waals surface area contributed by atoms with E-state index in [4.69, 9.17) is 9.47 Å². The highest BCUT2D eigenvalue weighted by atomic mass is 19.1. The number of nitrogens with zero attached hydrogens (tertiary/aromatic N) is 1. The molecular weight excluding hydrogens is 201 g/mol. The topological polar surface area (TPSA) is 38.8 Å². The minimum atomic E-state index is -1.01. The van der Waals surface area contributed by atoms with Gasteiger partial charge in [-0.15, -0.1) is 0 Å². The van der Waals surface area contributed by atoms with Crippen molar-refractivity contribution in [1.82, 2.24) is 4.90 Å². The van der Waals surface area contributed by atoms with Gasteiger partial charge in [0.05, 0.1) is 19.3 Å². The summed E-state index contributed by atoms with van der Waals surface area (Å²) in [6.45, 7) is 4.37. The van der Waals surface area contributed by atoms with Gasteiger partial charge >= 0.3 is 6.09 Å². The second kappa shape index (κ2) is 5.30. The molecule has 1 heterocycles. The molecule has 2 atom stereocenters. The number of alkyl halides is 1. The second-order valence-electron chi connectivity index (χ2n) is 4.07. The van der Waals surface area contributed by atoms with Crippen LogP contribution in [-0.2, 0) is 9.47 Å². The third kappa shape index (κ3) is 3.34. The first-order valence-electron chi connectivity index (χ1n) is 5.13. The molecule has 88 valence electrons. The molecule has 0 aromatic heterocycles. The summed E-state index contributed by atoms with van der Waals surface area (Å²) in [7, 11) is 1.53. The van der Waals surface area contributed by atoms with Crippen LogP contribution in [-0.4, -0.2) is 50.1 Å². The van der Waals surface area contributed by atoms with E-state index in [0.717, 1.165) is 0 Å². The van der Waals surface area contributed by atoms with E-state index in [2.05, 4.69) is 0 Å². The van der Waals surface area contributed by atoms with Gasteiger partial charge in [-0.2, -0.15) is 0 Å². The van der Waals surface area contributed by atoms with Crippen LogP contribution in [0.5, 0.6) is 0 Å². The fourth-order valence-electron chi connectivity index (χ4n) is 1.63. The molecule has 1 aliphatic heterocycles. The molecule has 4 nitrogen and oxygen atoms in total. The van der Waals surface area contributed by atoms with Gasteiger partial charge in [0.2, 0.25) is 0 Å². The third-order valence-corrected chi connectivity index (χ3v) is 2.34. The first-order chi connectivity index (χ1) is 7.04. The maximum Gasteiger partial charge on any atom is 0.410 e. The number of likely N-dealkylation sites (tertiary alicyclic amines) is 1. The van der Waals surface area contributed by atoms with Gasteiger partial charge in [-0.25, -0.2) is 9.18 Å². The fraction of sp³-hybridized carbons (Fsp3) is 0.900. The Bertz CT molecular complexity index is 223. The number of rotatable bonds is 3. The monoisotopic (exact) mass is 219 g/mol. The van der Waals surface area contributed by atoms with Crippen LogP contribution < -0.4 is 0 Å². The zero-order valence-corrected chi connectivity index (χ0v) is 9.40. The van der Waals surface area contributed by atoms with Crippen molar-refractivity contribution in [3.8, 4) is 0 Å². The van der Waals surface area contributed by atoms with Gasteiger partial charge in [-0.3, -0.25) is 0 Å². The summed E-state index contributed by atoms with van der Waals surface area (Å²) in [4.78, 5) is 12.8. The Morgan fingerprint density at radius 1 is 1.53 bits per heavy atom. The van der Waals surface area contributed by atoms with E-state index < -0.39 is 12.3 Å². The van der Waals surface area contributed by atoms with Crippen molar-refractivity contribution in [2.45, 2.75) is 26.1 Å². The quantitative estimate of drug-likeness (QED) is 0.721. The number of methoxy groups -OCH3 is 1. The van der Waals surface area contributed by atoms with Crippen molar-refractivity contribution in [2.24, 2.45) is 5.92 Å². The minimum Gasteiger partial charge on any atom is -0.447 e. The molecule has 1 amide bonds. The van der Waals surface area contributed by atoms with E-state index >= 15 is 0 Å². The number of carbonyl (C=O) groups excluding carboxylic acids is 1. The molecule has 2 unspecified atom stereocenters. The summed E-state index contributed by atoms with van der Waals surface area (Å²) in [5, 5.41) is 0. The summed E-state index contributed by atoms with van der Waals surface area (Å²) < 4.78 is 23.3. The molecule has 0 bridgehead atoms. The van der Waals surface area contributed by atoms with Crippen molar-refractivity contribution in [1.29, 1.82) is 0 Å². The molecule has 1 rings (SSSR count). The van der Waals surface area contributed by atoms with Crippen LogP contribution in [0.1, 0.15) is 13.8 Å². The first-order valence-corrected chi connectivity index (χ1v) is 5.13. The predicted molar refractivity (Wildman–Crippen MR) is 53.5 cm³/mol. The third-order valence-electron chi connectivity index (χ3n) is 2.34. The maximum atomic E-state index is 13.4. The van der Waals surface area contributed by atoms with Gasteiger partial charge in [0.25, 0.3) is 0 Å². The molecule has 5 heteroatoms. The number of hydrogen-bond acceptors (Lipinski definition) is 3. The van der Waals surface area contributed by atoms with Gasteiger partial charge < -0.3 is 14.4 Å². The highest BCUT2D eigenvalue weighted by Gasteiger charge is 2.36. The molecule has 0 spiro atoms. The van der Waals surface area contributed by atoms with Crippen molar-refractivity contribution >= 4 is 6.09 Å².